The van der Waals surface area contributed by atoms with Crippen LogP contribution in [0.2, 0.25) is 0 Å². The Balaban J connectivity index is 2.00. The predicted molar refractivity (Wildman–Crippen MR) is 69.5 cm³/mol. The third-order valence-electron chi connectivity index (χ3n) is 4.84. The van der Waals surface area contributed by atoms with Gasteiger partial charge in [-0.3, -0.25) is 4.79 Å². The normalized spacial score (nSPS) is 32.1. The van der Waals surface area contributed by atoms with Crippen molar-refractivity contribution < 1.29 is 4.79 Å². The van der Waals surface area contributed by atoms with Gasteiger partial charge in [0, 0.05) is 12.6 Å². The molecular formula is C14H26N2O. The molecule has 0 aromatic rings. The molecule has 1 saturated heterocycles. The van der Waals surface area contributed by atoms with Gasteiger partial charge in [0.1, 0.15) is 0 Å². The summed E-state index contributed by atoms with van der Waals surface area (Å²) >= 11 is 0. The van der Waals surface area contributed by atoms with Gasteiger partial charge in [-0.2, -0.15) is 0 Å². The van der Waals surface area contributed by atoms with Gasteiger partial charge in [-0.15, -0.1) is 0 Å². The van der Waals surface area contributed by atoms with Crippen LogP contribution in [0, 0.1) is 11.8 Å². The molecule has 4 atom stereocenters. The zero-order chi connectivity index (χ0) is 12.4. The molecule has 2 rings (SSSR count). The smallest absolute Gasteiger partial charge is 0.240 e. The molecule has 0 bridgehead atoms. The van der Waals surface area contributed by atoms with E-state index in [2.05, 4.69) is 18.7 Å². The second kappa shape index (κ2) is 5.38. The standard InChI is InChI=1S/C14H26N2O/c1-3-10(2)13(15)14(17)16-9-8-11-6-4-5-7-12(11)16/h10-13H,3-9,15H2,1-2H3. The lowest BCUT2D eigenvalue weighted by Gasteiger charge is -2.34. The third kappa shape index (κ3) is 2.49. The highest BCUT2D eigenvalue weighted by Crippen LogP contribution is 2.36. The van der Waals surface area contributed by atoms with Crippen molar-refractivity contribution in [3.8, 4) is 0 Å². The number of fused-ring (bicyclic) bond motifs is 1. The number of carbonyl (C=O) groups is 1. The van der Waals surface area contributed by atoms with Gasteiger partial charge in [0.2, 0.25) is 5.91 Å². The number of nitrogens with zero attached hydrogens (tertiary/aromatic N) is 1. The Morgan fingerprint density at radius 3 is 2.76 bits per heavy atom. The Bertz CT molecular complexity index is 279. The van der Waals surface area contributed by atoms with Crippen molar-refractivity contribution >= 4 is 5.91 Å². The summed E-state index contributed by atoms with van der Waals surface area (Å²) in [5, 5.41) is 0. The van der Waals surface area contributed by atoms with E-state index in [0.29, 0.717) is 12.0 Å². The minimum absolute atomic E-state index is 0.203. The van der Waals surface area contributed by atoms with Gasteiger partial charge in [-0.1, -0.05) is 33.1 Å². The minimum Gasteiger partial charge on any atom is -0.338 e. The van der Waals surface area contributed by atoms with Crippen LogP contribution in [0.15, 0.2) is 0 Å². The van der Waals surface area contributed by atoms with E-state index < -0.39 is 0 Å². The second-order valence-electron chi connectivity index (χ2n) is 5.84. The van der Waals surface area contributed by atoms with Gasteiger partial charge < -0.3 is 10.6 Å². The van der Waals surface area contributed by atoms with E-state index in [0.717, 1.165) is 18.9 Å². The van der Waals surface area contributed by atoms with Crippen LogP contribution < -0.4 is 5.73 Å². The predicted octanol–water partition coefficient (Wildman–Crippen LogP) is 2.15. The van der Waals surface area contributed by atoms with Gasteiger partial charge in [0.25, 0.3) is 0 Å². The first kappa shape index (κ1) is 12.9. The van der Waals surface area contributed by atoms with Crippen molar-refractivity contribution in [1.29, 1.82) is 0 Å². The molecule has 1 saturated carbocycles. The number of carbonyl (C=O) groups excluding carboxylic acids is 1. The molecule has 0 spiro atoms. The van der Waals surface area contributed by atoms with E-state index in [1.165, 1.54) is 32.1 Å². The molecule has 17 heavy (non-hydrogen) atoms. The highest BCUT2D eigenvalue weighted by molar-refractivity contribution is 5.82. The SMILES string of the molecule is CCC(C)C(N)C(=O)N1CCC2CCCCC21. The summed E-state index contributed by atoms with van der Waals surface area (Å²) in [6.45, 7) is 5.13. The molecule has 1 aliphatic heterocycles. The quantitative estimate of drug-likeness (QED) is 0.819. The molecule has 0 aromatic heterocycles. The van der Waals surface area contributed by atoms with E-state index in [9.17, 15) is 4.79 Å². The van der Waals surface area contributed by atoms with Crippen LogP contribution in [0.5, 0.6) is 0 Å². The van der Waals surface area contributed by atoms with Gasteiger partial charge >= 0.3 is 0 Å². The van der Waals surface area contributed by atoms with Crippen LogP contribution in [0.25, 0.3) is 0 Å². The molecular weight excluding hydrogens is 212 g/mol. The molecule has 3 nitrogen and oxygen atoms in total. The first-order valence-corrected chi connectivity index (χ1v) is 7.21. The van der Waals surface area contributed by atoms with E-state index in [1.807, 2.05) is 0 Å². The Morgan fingerprint density at radius 1 is 1.35 bits per heavy atom. The summed E-state index contributed by atoms with van der Waals surface area (Å²) in [6, 6.07) is 0.215. The number of hydrogen-bond donors (Lipinski definition) is 1. The fraction of sp³-hybridized carbons (Fsp3) is 0.929. The Morgan fingerprint density at radius 2 is 2.06 bits per heavy atom. The lowest BCUT2D eigenvalue weighted by atomic mass is 9.85. The number of likely N-dealkylation sites (tertiary alicyclic amines) is 1. The molecule has 4 unspecified atom stereocenters. The highest BCUT2D eigenvalue weighted by Gasteiger charge is 2.40. The van der Waals surface area contributed by atoms with Crippen LogP contribution >= 0.6 is 0 Å². The summed E-state index contributed by atoms with van der Waals surface area (Å²) in [7, 11) is 0. The van der Waals surface area contributed by atoms with Gasteiger partial charge in [-0.25, -0.2) is 0 Å². The molecule has 98 valence electrons. The molecule has 3 heteroatoms. The summed E-state index contributed by atoms with van der Waals surface area (Å²) in [4.78, 5) is 14.5. The third-order valence-corrected chi connectivity index (χ3v) is 4.84. The second-order valence-corrected chi connectivity index (χ2v) is 5.84. The fourth-order valence-corrected chi connectivity index (χ4v) is 3.37. The van der Waals surface area contributed by atoms with Gasteiger partial charge in [0.15, 0.2) is 0 Å². The molecule has 0 radical (unpaired) electrons. The van der Waals surface area contributed by atoms with Crippen molar-refractivity contribution in [1.82, 2.24) is 4.90 Å². The summed E-state index contributed by atoms with van der Waals surface area (Å²) in [5.74, 6) is 1.26. The Hall–Kier alpha value is -0.570. The molecule has 2 aliphatic rings. The molecule has 2 fully saturated rings. The minimum atomic E-state index is -0.291. The fourth-order valence-electron chi connectivity index (χ4n) is 3.37. The highest BCUT2D eigenvalue weighted by atomic mass is 16.2. The topological polar surface area (TPSA) is 46.3 Å². The molecule has 1 aliphatic carbocycles. The van der Waals surface area contributed by atoms with Crippen molar-refractivity contribution in [3.05, 3.63) is 0 Å². The monoisotopic (exact) mass is 238 g/mol. The molecule has 1 amide bonds. The molecule has 0 aromatic carbocycles. The number of rotatable bonds is 3. The molecule has 2 N–H and O–H groups in total. The van der Waals surface area contributed by atoms with Crippen LogP contribution in [-0.4, -0.2) is 29.4 Å². The van der Waals surface area contributed by atoms with Crippen molar-refractivity contribution in [2.45, 2.75) is 64.5 Å². The van der Waals surface area contributed by atoms with Crippen molar-refractivity contribution in [3.63, 3.8) is 0 Å². The van der Waals surface area contributed by atoms with Crippen LogP contribution in [0.4, 0.5) is 0 Å². The maximum Gasteiger partial charge on any atom is 0.240 e. The number of amides is 1. The average molecular weight is 238 g/mol. The first-order chi connectivity index (χ1) is 8.15. The van der Waals surface area contributed by atoms with Crippen molar-refractivity contribution in [2.24, 2.45) is 17.6 Å². The summed E-state index contributed by atoms with van der Waals surface area (Å²) in [5.41, 5.74) is 6.08. The molecule has 1 heterocycles. The number of nitrogens with two attached hydrogens (primary N) is 1. The largest absolute Gasteiger partial charge is 0.338 e. The summed E-state index contributed by atoms with van der Waals surface area (Å²) < 4.78 is 0. The van der Waals surface area contributed by atoms with E-state index in [4.69, 9.17) is 5.73 Å². The summed E-state index contributed by atoms with van der Waals surface area (Å²) in [6.07, 6.45) is 7.32. The lowest BCUT2D eigenvalue weighted by molar-refractivity contribution is -0.135. The lowest BCUT2D eigenvalue weighted by Crippen LogP contribution is -2.50. The first-order valence-electron chi connectivity index (χ1n) is 7.21. The zero-order valence-electron chi connectivity index (χ0n) is 11.2. The van der Waals surface area contributed by atoms with Crippen LogP contribution in [0.3, 0.4) is 0 Å². The maximum atomic E-state index is 12.4. The van der Waals surface area contributed by atoms with Gasteiger partial charge in [0.05, 0.1) is 6.04 Å². The van der Waals surface area contributed by atoms with Crippen molar-refractivity contribution in [2.75, 3.05) is 6.54 Å². The van der Waals surface area contributed by atoms with E-state index >= 15 is 0 Å². The Kier molecular flexibility index (Phi) is 4.08. The maximum absolute atomic E-state index is 12.4. The van der Waals surface area contributed by atoms with E-state index in [1.54, 1.807) is 0 Å². The number of hydrogen-bond acceptors (Lipinski definition) is 2. The van der Waals surface area contributed by atoms with E-state index in [-0.39, 0.29) is 11.9 Å². The zero-order valence-corrected chi connectivity index (χ0v) is 11.2. The van der Waals surface area contributed by atoms with Crippen LogP contribution in [0.1, 0.15) is 52.4 Å². The average Bonchev–Trinajstić information content (AvgIpc) is 2.79. The van der Waals surface area contributed by atoms with Gasteiger partial charge in [-0.05, 0) is 31.1 Å². The Labute approximate surface area is 105 Å². The van der Waals surface area contributed by atoms with Crippen LogP contribution in [-0.2, 0) is 4.79 Å².